The number of hydrogen-bond acceptors (Lipinski definition) is 4. The molecular formula is H2O4ReTl. The Morgan fingerprint density at radius 1 is 1.33 bits per heavy atom. The molecule has 0 saturated carbocycles. The van der Waals surface area contributed by atoms with Gasteiger partial charge in [0.25, 0.3) is 0 Å². The minimum atomic E-state index is -5.31. The molecule has 0 aromatic rings. The maximum absolute atomic E-state index is 9.40. The third-order valence-corrected chi connectivity index (χ3v) is 13.6. The average Bonchev–Trinajstić information content (AvgIpc) is 1.35. The maximum atomic E-state index is 9.40. The SMILES string of the molecule is [O]=[Re](=[O])(=[O])[O][TlH2]. The Labute approximate surface area is 53.6 Å². The van der Waals surface area contributed by atoms with Crippen molar-refractivity contribution in [1.82, 2.24) is 0 Å². The van der Waals surface area contributed by atoms with Gasteiger partial charge in [0.05, 0.1) is 0 Å². The molecule has 36 valence electrons. The molecule has 0 aromatic heterocycles. The second-order valence-corrected chi connectivity index (χ2v) is 14.2. The fourth-order valence-corrected chi connectivity index (χ4v) is 0. The first-order chi connectivity index (χ1) is 2.56. The second-order valence-electron chi connectivity index (χ2n) is 0.532. The molecule has 0 amide bonds. The quantitative estimate of drug-likeness (QED) is 0.458. The van der Waals surface area contributed by atoms with Crippen LogP contribution in [0.25, 0.3) is 0 Å². The van der Waals surface area contributed by atoms with E-state index in [1.54, 1.807) is 0 Å². The predicted molar refractivity (Wildman–Crippen MR) is 11.7 cm³/mol. The zero-order chi connectivity index (χ0) is 5.21. The van der Waals surface area contributed by atoms with Crippen molar-refractivity contribution in [2.75, 3.05) is 0 Å². The third kappa shape index (κ3) is 4.94. The van der Waals surface area contributed by atoms with Gasteiger partial charge in [0.15, 0.2) is 0 Å². The Hall–Kier alpha value is 0.944. The van der Waals surface area contributed by atoms with E-state index in [9.17, 15) is 10.4 Å². The summed E-state index contributed by atoms with van der Waals surface area (Å²) in [7, 11) is 0. The monoisotopic (exact) mass is 458 g/mol. The van der Waals surface area contributed by atoms with Crippen molar-refractivity contribution in [2.45, 2.75) is 0 Å². The van der Waals surface area contributed by atoms with Gasteiger partial charge in [0, 0.05) is 0 Å². The molecule has 6 heavy (non-hydrogen) atoms. The van der Waals surface area contributed by atoms with Crippen molar-refractivity contribution in [3.63, 3.8) is 0 Å². The molecule has 0 heterocycles. The molecule has 0 N–H and O–H groups in total. The molecule has 0 aliphatic carbocycles. The van der Waals surface area contributed by atoms with Gasteiger partial charge in [0.1, 0.15) is 0 Å². The molecule has 0 rings (SSSR count). The Kier molecular flexibility index (Phi) is 2.67. The molecule has 0 saturated heterocycles. The first-order valence-corrected chi connectivity index (χ1v) is 8.63. The van der Waals surface area contributed by atoms with Crippen LogP contribution in [-0.2, 0) is 27.6 Å². The van der Waals surface area contributed by atoms with Crippen LogP contribution in [-0.4, -0.2) is 26.2 Å². The molecule has 0 bridgehead atoms. The molecular weight excluding hydrogens is 455 g/mol. The van der Waals surface area contributed by atoms with E-state index < -0.39 is 42.0 Å². The molecule has 0 radical (unpaired) electrons. The van der Waals surface area contributed by atoms with Crippen molar-refractivity contribution >= 4 is 26.2 Å². The van der Waals surface area contributed by atoms with Gasteiger partial charge >= 0.3 is 53.8 Å². The molecule has 0 aliphatic heterocycles. The van der Waals surface area contributed by atoms with Gasteiger partial charge in [-0.15, -0.1) is 0 Å². The molecule has 0 fully saturated rings. The molecule has 0 aromatic carbocycles. The van der Waals surface area contributed by atoms with Crippen LogP contribution >= 0.6 is 0 Å². The van der Waals surface area contributed by atoms with Gasteiger partial charge in [-0.2, -0.15) is 0 Å². The van der Waals surface area contributed by atoms with Gasteiger partial charge in [0.2, 0.25) is 0 Å². The van der Waals surface area contributed by atoms with E-state index >= 15 is 0 Å². The Bertz CT molecular complexity index is 140. The van der Waals surface area contributed by atoms with Crippen molar-refractivity contribution < 1.29 is 27.6 Å². The van der Waals surface area contributed by atoms with E-state index in [2.05, 4.69) is 1.41 Å². The van der Waals surface area contributed by atoms with Crippen LogP contribution < -0.4 is 0 Å². The van der Waals surface area contributed by atoms with Crippen molar-refractivity contribution in [3.8, 4) is 0 Å². The summed E-state index contributed by atoms with van der Waals surface area (Å²) in [6.07, 6.45) is 0. The van der Waals surface area contributed by atoms with Crippen LogP contribution in [0, 0.1) is 0 Å². The van der Waals surface area contributed by atoms with Crippen LogP contribution in [0.15, 0.2) is 0 Å². The Balaban J connectivity index is 4.30. The fraction of sp³-hybridized carbons (Fsp3) is 0. The van der Waals surface area contributed by atoms with E-state index in [-0.39, 0.29) is 0 Å². The molecule has 0 atom stereocenters. The number of hydrogen-bond donors (Lipinski definition) is 0. The van der Waals surface area contributed by atoms with E-state index in [1.807, 2.05) is 0 Å². The minimum absolute atomic E-state index is 0.516. The zero-order valence-electron chi connectivity index (χ0n) is 3.01. The van der Waals surface area contributed by atoms with Gasteiger partial charge in [-0.3, -0.25) is 0 Å². The summed E-state index contributed by atoms with van der Waals surface area (Å²) in [6.45, 7) is 0. The molecule has 0 aliphatic rings. The first kappa shape index (κ1) is 6.94. The summed E-state index contributed by atoms with van der Waals surface area (Å²) in [6, 6.07) is 0. The van der Waals surface area contributed by atoms with Crippen LogP contribution in [0.4, 0.5) is 0 Å². The van der Waals surface area contributed by atoms with E-state index in [4.69, 9.17) is 0 Å². The summed E-state index contributed by atoms with van der Waals surface area (Å²) >= 11 is -5.83. The summed E-state index contributed by atoms with van der Waals surface area (Å²) in [4.78, 5) is 0. The summed E-state index contributed by atoms with van der Waals surface area (Å²) in [5, 5.41) is 0. The van der Waals surface area contributed by atoms with Gasteiger partial charge in [-0.25, -0.2) is 0 Å². The predicted octanol–water partition coefficient (Wildman–Crippen LogP) is -1.34. The summed E-state index contributed by atoms with van der Waals surface area (Å²) < 4.78 is 31.9. The van der Waals surface area contributed by atoms with Crippen LogP contribution in [0.3, 0.4) is 0 Å². The van der Waals surface area contributed by atoms with Crippen LogP contribution in [0.1, 0.15) is 0 Å². The second kappa shape index (κ2) is 2.30. The standard InChI is InChI=1S/4O.Re.Tl.2H. The molecule has 0 unspecified atom stereocenters. The summed E-state index contributed by atoms with van der Waals surface area (Å²) in [5.41, 5.74) is 0. The van der Waals surface area contributed by atoms with E-state index in [0.29, 0.717) is 0 Å². The van der Waals surface area contributed by atoms with Gasteiger partial charge in [-0.1, -0.05) is 0 Å². The van der Waals surface area contributed by atoms with Crippen molar-refractivity contribution in [2.24, 2.45) is 0 Å². The first-order valence-electron chi connectivity index (χ1n) is 1.03. The topological polar surface area (TPSA) is 60.4 Å². The molecule has 4 nitrogen and oxygen atoms in total. The fourth-order valence-electron chi connectivity index (χ4n) is 0. The van der Waals surface area contributed by atoms with Gasteiger partial charge < -0.3 is 0 Å². The van der Waals surface area contributed by atoms with Crippen molar-refractivity contribution in [1.29, 1.82) is 0 Å². The van der Waals surface area contributed by atoms with Gasteiger partial charge in [-0.05, 0) is 0 Å². The van der Waals surface area contributed by atoms with E-state index in [1.165, 1.54) is 0 Å². The number of rotatable bonds is 1. The molecule has 0 spiro atoms. The van der Waals surface area contributed by atoms with E-state index in [0.717, 1.165) is 0 Å². The summed E-state index contributed by atoms with van der Waals surface area (Å²) in [5.74, 6) is 0. The average molecular weight is 457 g/mol. The normalized spacial score (nSPS) is 11.3. The van der Waals surface area contributed by atoms with Crippen LogP contribution in [0.5, 0.6) is 0 Å². The van der Waals surface area contributed by atoms with Crippen molar-refractivity contribution in [3.05, 3.63) is 0 Å². The Morgan fingerprint density at radius 3 is 1.50 bits per heavy atom. The zero-order valence-corrected chi connectivity index (χ0v) is 13.5. The molecule has 6 heteroatoms. The van der Waals surface area contributed by atoms with Crippen LogP contribution in [0.2, 0.25) is 0 Å². The Morgan fingerprint density at radius 2 is 1.50 bits per heavy atom. The third-order valence-electron chi connectivity index (χ3n) is 0.189.